The number of hydrogen-bond donors (Lipinski definition) is 1. The van der Waals surface area contributed by atoms with Crippen molar-refractivity contribution < 1.29 is 0 Å². The molecule has 96 valence electrons. The van der Waals surface area contributed by atoms with Crippen molar-refractivity contribution in [2.24, 2.45) is 23.2 Å². The smallest absolute Gasteiger partial charge is 0.00208 e. The Morgan fingerprint density at radius 3 is 2.38 bits per heavy atom. The van der Waals surface area contributed by atoms with Gasteiger partial charge in [-0.2, -0.15) is 0 Å². The first-order valence-electron chi connectivity index (χ1n) is 7.18. The van der Waals surface area contributed by atoms with Gasteiger partial charge < -0.3 is 5.32 Å². The summed E-state index contributed by atoms with van der Waals surface area (Å²) in [6.45, 7) is 10.9. The van der Waals surface area contributed by atoms with Crippen LogP contribution in [0.25, 0.3) is 0 Å². The highest BCUT2D eigenvalue weighted by molar-refractivity contribution is 4.88. The Morgan fingerprint density at radius 2 is 1.88 bits per heavy atom. The summed E-state index contributed by atoms with van der Waals surface area (Å²) < 4.78 is 0. The van der Waals surface area contributed by atoms with Crippen LogP contribution in [0, 0.1) is 23.2 Å². The molecule has 1 nitrogen and oxygen atoms in total. The van der Waals surface area contributed by atoms with Crippen LogP contribution in [0.5, 0.6) is 0 Å². The van der Waals surface area contributed by atoms with Crippen molar-refractivity contribution in [1.82, 2.24) is 5.32 Å². The Bertz CT molecular complexity index is 194. The molecule has 0 aromatic carbocycles. The van der Waals surface area contributed by atoms with E-state index in [-0.39, 0.29) is 0 Å². The summed E-state index contributed by atoms with van der Waals surface area (Å²) >= 11 is 0. The maximum absolute atomic E-state index is 3.40. The molecule has 2 atom stereocenters. The van der Waals surface area contributed by atoms with E-state index in [9.17, 15) is 0 Å². The predicted octanol–water partition coefficient (Wildman–Crippen LogP) is 4.08. The molecule has 1 rings (SSSR count). The van der Waals surface area contributed by atoms with Crippen LogP contribution in [-0.4, -0.2) is 13.6 Å². The fourth-order valence-corrected chi connectivity index (χ4v) is 3.66. The molecule has 1 N–H and O–H groups in total. The predicted molar refractivity (Wildman–Crippen MR) is 72.6 cm³/mol. The number of nitrogens with one attached hydrogen (secondary N) is 1. The second-order valence-electron chi connectivity index (χ2n) is 6.47. The van der Waals surface area contributed by atoms with Crippen molar-refractivity contribution in [3.8, 4) is 0 Å². The minimum atomic E-state index is 0.581. The molecule has 2 unspecified atom stereocenters. The molecule has 0 saturated heterocycles. The third-order valence-corrected chi connectivity index (χ3v) is 4.71. The van der Waals surface area contributed by atoms with Crippen molar-refractivity contribution in [2.75, 3.05) is 13.6 Å². The molecule has 16 heavy (non-hydrogen) atoms. The highest BCUT2D eigenvalue weighted by Crippen LogP contribution is 2.46. The monoisotopic (exact) mass is 225 g/mol. The molecule has 0 aromatic rings. The van der Waals surface area contributed by atoms with Gasteiger partial charge in [0.25, 0.3) is 0 Å². The molecule has 1 aliphatic rings. The first kappa shape index (κ1) is 14.0. The van der Waals surface area contributed by atoms with Gasteiger partial charge in [-0.25, -0.2) is 0 Å². The number of hydrogen-bond acceptors (Lipinski definition) is 1. The highest BCUT2D eigenvalue weighted by Gasteiger charge is 2.37. The summed E-state index contributed by atoms with van der Waals surface area (Å²) in [5, 5.41) is 3.40. The van der Waals surface area contributed by atoms with E-state index in [2.05, 4.69) is 40.1 Å². The molecule has 1 aliphatic carbocycles. The lowest BCUT2D eigenvalue weighted by Gasteiger charge is -2.44. The lowest BCUT2D eigenvalue weighted by atomic mass is 9.62. The van der Waals surface area contributed by atoms with E-state index >= 15 is 0 Å². The number of rotatable bonds is 5. The van der Waals surface area contributed by atoms with Crippen LogP contribution in [0.4, 0.5) is 0 Å². The Balaban J connectivity index is 2.70. The quantitative estimate of drug-likeness (QED) is 0.743. The molecule has 1 heteroatoms. The first-order valence-corrected chi connectivity index (χ1v) is 7.18. The summed E-state index contributed by atoms with van der Waals surface area (Å²) in [5.74, 6) is 2.81. The summed E-state index contributed by atoms with van der Waals surface area (Å²) in [6.07, 6.45) is 6.99. The SMILES string of the molecule is CCC(CC)C1CC(C)(C)CCC1CNC. The van der Waals surface area contributed by atoms with Gasteiger partial charge in [-0.1, -0.05) is 40.5 Å². The van der Waals surface area contributed by atoms with Crippen molar-refractivity contribution in [2.45, 2.75) is 59.8 Å². The molecule has 1 fully saturated rings. The minimum absolute atomic E-state index is 0.581. The second kappa shape index (κ2) is 6.05. The van der Waals surface area contributed by atoms with Gasteiger partial charge in [0.2, 0.25) is 0 Å². The zero-order valence-corrected chi connectivity index (χ0v) is 12.0. The van der Waals surface area contributed by atoms with Crippen LogP contribution in [-0.2, 0) is 0 Å². The van der Waals surface area contributed by atoms with Crippen LogP contribution in [0.3, 0.4) is 0 Å². The lowest BCUT2D eigenvalue weighted by molar-refractivity contribution is 0.0704. The normalized spacial score (nSPS) is 29.6. The molecule has 1 saturated carbocycles. The van der Waals surface area contributed by atoms with Gasteiger partial charge in [0.1, 0.15) is 0 Å². The molecule has 0 heterocycles. The molecular weight excluding hydrogens is 194 g/mol. The maximum atomic E-state index is 3.40. The molecule has 0 amide bonds. The largest absolute Gasteiger partial charge is 0.319 e. The summed E-state index contributed by atoms with van der Waals surface area (Å²) in [5.41, 5.74) is 0.581. The van der Waals surface area contributed by atoms with Gasteiger partial charge in [0.15, 0.2) is 0 Å². The van der Waals surface area contributed by atoms with Crippen LogP contribution in [0.15, 0.2) is 0 Å². The minimum Gasteiger partial charge on any atom is -0.319 e. The Morgan fingerprint density at radius 1 is 1.25 bits per heavy atom. The summed E-state index contributed by atoms with van der Waals surface area (Å²) in [6, 6.07) is 0. The Hall–Kier alpha value is -0.0400. The van der Waals surface area contributed by atoms with E-state index in [0.29, 0.717) is 5.41 Å². The van der Waals surface area contributed by atoms with Gasteiger partial charge in [-0.15, -0.1) is 0 Å². The van der Waals surface area contributed by atoms with E-state index in [1.54, 1.807) is 0 Å². The molecule has 0 aliphatic heterocycles. The average molecular weight is 225 g/mol. The van der Waals surface area contributed by atoms with Gasteiger partial charge >= 0.3 is 0 Å². The summed E-state index contributed by atoms with van der Waals surface area (Å²) in [4.78, 5) is 0. The van der Waals surface area contributed by atoms with E-state index in [1.165, 1.54) is 38.6 Å². The van der Waals surface area contributed by atoms with Gasteiger partial charge in [0, 0.05) is 0 Å². The van der Waals surface area contributed by atoms with Gasteiger partial charge in [0.05, 0.1) is 0 Å². The van der Waals surface area contributed by atoms with Crippen LogP contribution in [0.2, 0.25) is 0 Å². The van der Waals surface area contributed by atoms with Crippen molar-refractivity contribution in [1.29, 1.82) is 0 Å². The fourth-order valence-electron chi connectivity index (χ4n) is 3.66. The Labute approximate surface area is 102 Å². The van der Waals surface area contributed by atoms with Crippen molar-refractivity contribution in [3.63, 3.8) is 0 Å². The highest BCUT2D eigenvalue weighted by atomic mass is 14.8. The average Bonchev–Trinajstić information content (AvgIpc) is 2.23. The van der Waals surface area contributed by atoms with Crippen molar-refractivity contribution in [3.05, 3.63) is 0 Å². The van der Waals surface area contributed by atoms with Gasteiger partial charge in [-0.05, 0) is 56.0 Å². The zero-order valence-electron chi connectivity index (χ0n) is 12.0. The van der Waals surface area contributed by atoms with Gasteiger partial charge in [-0.3, -0.25) is 0 Å². The topological polar surface area (TPSA) is 12.0 Å². The molecular formula is C15H31N. The molecule has 0 aromatic heterocycles. The maximum Gasteiger partial charge on any atom is -0.00208 e. The van der Waals surface area contributed by atoms with Crippen molar-refractivity contribution >= 4 is 0 Å². The molecule has 0 spiro atoms. The lowest BCUT2D eigenvalue weighted by Crippen LogP contribution is -2.38. The standard InChI is InChI=1S/C15H31N/c1-6-12(7-2)14-10-15(3,4)9-8-13(14)11-16-5/h12-14,16H,6-11H2,1-5H3. The van der Waals surface area contributed by atoms with Crippen LogP contribution in [0.1, 0.15) is 59.8 Å². The third kappa shape index (κ3) is 3.48. The third-order valence-electron chi connectivity index (χ3n) is 4.71. The zero-order chi connectivity index (χ0) is 12.2. The van der Waals surface area contributed by atoms with E-state index in [1.807, 2.05) is 0 Å². The van der Waals surface area contributed by atoms with Crippen LogP contribution >= 0.6 is 0 Å². The van der Waals surface area contributed by atoms with E-state index < -0.39 is 0 Å². The molecule has 0 bridgehead atoms. The van der Waals surface area contributed by atoms with Crippen LogP contribution < -0.4 is 5.32 Å². The first-order chi connectivity index (χ1) is 7.54. The Kier molecular flexibility index (Phi) is 5.30. The second-order valence-corrected chi connectivity index (χ2v) is 6.47. The molecule has 0 radical (unpaired) electrons. The summed E-state index contributed by atoms with van der Waals surface area (Å²) in [7, 11) is 2.10. The van der Waals surface area contributed by atoms with E-state index in [0.717, 1.165) is 17.8 Å². The van der Waals surface area contributed by atoms with E-state index in [4.69, 9.17) is 0 Å². The fraction of sp³-hybridized carbons (Fsp3) is 1.00.